The first-order valence-corrected chi connectivity index (χ1v) is 9.63. The highest BCUT2D eigenvalue weighted by atomic mass is 16.5. The Morgan fingerprint density at radius 2 is 2.00 bits per heavy atom. The van der Waals surface area contributed by atoms with Gasteiger partial charge >= 0.3 is 0 Å². The fourth-order valence-electron chi connectivity index (χ4n) is 4.60. The zero-order valence-electron chi connectivity index (χ0n) is 16.6. The molecule has 0 radical (unpaired) electrons. The quantitative estimate of drug-likeness (QED) is 0.667. The van der Waals surface area contributed by atoms with Crippen molar-refractivity contribution in [1.29, 1.82) is 0 Å². The van der Waals surface area contributed by atoms with Crippen molar-refractivity contribution >= 4 is 5.91 Å². The van der Waals surface area contributed by atoms with Gasteiger partial charge in [0.25, 0.3) is 11.8 Å². The molecule has 3 aromatic rings. The Labute approximate surface area is 167 Å². The minimum absolute atomic E-state index is 0.00465. The molecule has 1 spiro atoms. The molecular weight excluding hydrogens is 372 g/mol. The molecule has 9 nitrogen and oxygen atoms in total. The summed E-state index contributed by atoms with van der Waals surface area (Å²) >= 11 is 0. The lowest BCUT2D eigenvalue weighted by Gasteiger charge is -2.48. The van der Waals surface area contributed by atoms with Gasteiger partial charge in [-0.2, -0.15) is 4.98 Å². The highest BCUT2D eigenvalue weighted by Gasteiger charge is 2.53. The number of amides is 1. The zero-order chi connectivity index (χ0) is 20.2. The minimum Gasteiger partial charge on any atom is -0.361 e. The maximum absolute atomic E-state index is 12.8. The van der Waals surface area contributed by atoms with Gasteiger partial charge in [-0.15, -0.1) is 0 Å². The molecule has 1 atom stereocenters. The van der Waals surface area contributed by atoms with E-state index in [1.807, 2.05) is 23.1 Å². The van der Waals surface area contributed by atoms with E-state index in [9.17, 15) is 4.79 Å². The molecule has 5 heterocycles. The van der Waals surface area contributed by atoms with E-state index in [0.717, 1.165) is 13.0 Å². The van der Waals surface area contributed by atoms with E-state index >= 15 is 0 Å². The van der Waals surface area contributed by atoms with Crippen molar-refractivity contribution in [1.82, 2.24) is 30.1 Å². The van der Waals surface area contributed by atoms with E-state index < -0.39 is 0 Å². The van der Waals surface area contributed by atoms with Gasteiger partial charge in [-0.05, 0) is 39.4 Å². The first-order chi connectivity index (χ1) is 14.0. The first kappa shape index (κ1) is 18.0. The van der Waals surface area contributed by atoms with Crippen LogP contribution in [0.1, 0.15) is 40.1 Å². The third kappa shape index (κ3) is 2.93. The van der Waals surface area contributed by atoms with Crippen molar-refractivity contribution in [2.24, 2.45) is 5.41 Å². The number of rotatable bonds is 3. The molecule has 0 aromatic carbocycles. The van der Waals surface area contributed by atoms with E-state index in [-0.39, 0.29) is 17.4 Å². The van der Waals surface area contributed by atoms with Gasteiger partial charge in [0.1, 0.15) is 17.0 Å². The summed E-state index contributed by atoms with van der Waals surface area (Å²) in [5.74, 6) is 1.66. The summed E-state index contributed by atoms with van der Waals surface area (Å²) in [6.07, 6.45) is 2.59. The van der Waals surface area contributed by atoms with Crippen molar-refractivity contribution in [3.8, 4) is 11.6 Å². The molecule has 0 aliphatic carbocycles. The summed E-state index contributed by atoms with van der Waals surface area (Å²) in [5, 5.41) is 8.09. The molecule has 2 aliphatic heterocycles. The number of carbonyl (C=O) groups is 1. The topological polar surface area (TPSA) is 101 Å². The summed E-state index contributed by atoms with van der Waals surface area (Å²) in [5.41, 5.74) is 1.95. The first-order valence-electron chi connectivity index (χ1n) is 9.63. The Kier molecular flexibility index (Phi) is 4.02. The Bertz CT molecular complexity index is 1030. The molecule has 5 rings (SSSR count). The Hall–Kier alpha value is -3.07. The van der Waals surface area contributed by atoms with E-state index in [1.165, 1.54) is 0 Å². The summed E-state index contributed by atoms with van der Waals surface area (Å²) < 4.78 is 10.6. The van der Waals surface area contributed by atoms with Crippen molar-refractivity contribution in [3.05, 3.63) is 47.2 Å². The molecule has 3 aromatic heterocycles. The lowest BCUT2D eigenvalue weighted by Crippen LogP contribution is -2.59. The predicted octanol–water partition coefficient (Wildman–Crippen LogP) is 2.26. The van der Waals surface area contributed by atoms with Gasteiger partial charge < -0.3 is 13.9 Å². The Balaban J connectivity index is 1.29. The van der Waals surface area contributed by atoms with Crippen LogP contribution in [0.2, 0.25) is 0 Å². The molecule has 0 bridgehead atoms. The molecule has 0 N–H and O–H groups in total. The van der Waals surface area contributed by atoms with Crippen LogP contribution in [0.4, 0.5) is 0 Å². The second-order valence-corrected chi connectivity index (χ2v) is 8.17. The molecule has 1 unspecified atom stereocenters. The van der Waals surface area contributed by atoms with Crippen LogP contribution in [-0.4, -0.2) is 62.7 Å². The highest BCUT2D eigenvalue weighted by Crippen LogP contribution is 2.47. The third-order valence-electron chi connectivity index (χ3n) is 5.95. The van der Waals surface area contributed by atoms with Crippen LogP contribution < -0.4 is 0 Å². The van der Waals surface area contributed by atoms with Crippen LogP contribution in [0.5, 0.6) is 0 Å². The summed E-state index contributed by atoms with van der Waals surface area (Å²) in [4.78, 5) is 25.8. The van der Waals surface area contributed by atoms with Crippen molar-refractivity contribution in [3.63, 3.8) is 0 Å². The van der Waals surface area contributed by atoms with Gasteiger partial charge in [-0.1, -0.05) is 16.4 Å². The van der Waals surface area contributed by atoms with Crippen LogP contribution in [0.15, 0.2) is 33.4 Å². The largest absolute Gasteiger partial charge is 0.361 e. The number of nitrogens with zero attached hydrogens (tertiary/aromatic N) is 6. The smallest absolute Gasteiger partial charge is 0.276 e. The van der Waals surface area contributed by atoms with Crippen LogP contribution in [0.25, 0.3) is 11.6 Å². The Morgan fingerprint density at radius 3 is 2.69 bits per heavy atom. The van der Waals surface area contributed by atoms with Crippen molar-refractivity contribution in [2.75, 3.05) is 26.7 Å². The highest BCUT2D eigenvalue weighted by molar-refractivity contribution is 5.96. The fourth-order valence-corrected chi connectivity index (χ4v) is 4.60. The Morgan fingerprint density at radius 1 is 1.17 bits per heavy atom. The van der Waals surface area contributed by atoms with Crippen LogP contribution in [0, 0.1) is 19.3 Å². The van der Waals surface area contributed by atoms with E-state index in [0.29, 0.717) is 47.5 Å². The molecular formula is C20H22N6O3. The maximum atomic E-state index is 12.8. The zero-order valence-corrected chi connectivity index (χ0v) is 16.6. The van der Waals surface area contributed by atoms with Crippen LogP contribution >= 0.6 is 0 Å². The average molecular weight is 394 g/mol. The van der Waals surface area contributed by atoms with Crippen molar-refractivity contribution in [2.45, 2.75) is 26.3 Å². The van der Waals surface area contributed by atoms with E-state index in [1.54, 1.807) is 20.0 Å². The average Bonchev–Trinajstić information content (AvgIpc) is 3.38. The van der Waals surface area contributed by atoms with Crippen LogP contribution in [-0.2, 0) is 0 Å². The fraction of sp³-hybridized carbons (Fsp3) is 0.450. The second kappa shape index (κ2) is 6.48. The molecule has 2 saturated heterocycles. The molecule has 1 amide bonds. The maximum Gasteiger partial charge on any atom is 0.276 e. The van der Waals surface area contributed by atoms with Gasteiger partial charge in [0.2, 0.25) is 0 Å². The SMILES string of the molecule is Cc1noc(C)c1C(=O)N1CC2(CC(c3noc(-c4ccccn4)n3)N(C)C2)C1. The normalized spacial score (nSPS) is 20.9. The van der Waals surface area contributed by atoms with E-state index in [4.69, 9.17) is 9.05 Å². The lowest BCUT2D eigenvalue weighted by atomic mass is 9.77. The van der Waals surface area contributed by atoms with Crippen LogP contribution in [0.3, 0.4) is 0 Å². The molecule has 29 heavy (non-hydrogen) atoms. The molecule has 9 heteroatoms. The number of likely N-dealkylation sites (tertiary alicyclic amines) is 2. The lowest BCUT2D eigenvalue weighted by molar-refractivity contribution is 0.0113. The summed E-state index contributed by atoms with van der Waals surface area (Å²) in [7, 11) is 2.06. The molecule has 0 saturated carbocycles. The molecule has 150 valence electrons. The van der Waals surface area contributed by atoms with Crippen molar-refractivity contribution < 1.29 is 13.8 Å². The number of hydrogen-bond donors (Lipinski definition) is 0. The predicted molar refractivity (Wildman–Crippen MR) is 102 cm³/mol. The number of aromatic nitrogens is 4. The van der Waals surface area contributed by atoms with Gasteiger partial charge in [0.05, 0.1) is 11.7 Å². The van der Waals surface area contributed by atoms with E-state index in [2.05, 4.69) is 32.2 Å². The van der Waals surface area contributed by atoms with Gasteiger partial charge in [-0.25, -0.2) is 0 Å². The second-order valence-electron chi connectivity index (χ2n) is 8.17. The minimum atomic E-state index is -0.00465. The number of aryl methyl sites for hydroxylation is 2. The molecule has 2 fully saturated rings. The third-order valence-corrected chi connectivity index (χ3v) is 5.95. The number of hydrogen-bond acceptors (Lipinski definition) is 8. The summed E-state index contributed by atoms with van der Waals surface area (Å²) in [6.45, 7) is 5.88. The summed E-state index contributed by atoms with van der Waals surface area (Å²) in [6, 6.07) is 5.65. The number of pyridine rings is 1. The standard InChI is InChI=1S/C20H22N6O3/c1-12-16(13(2)28-23-12)19(27)26-10-20(11-26)8-15(25(3)9-20)17-22-18(29-24-17)14-6-4-5-7-21-14/h4-7,15H,8-11H2,1-3H3. The molecule has 2 aliphatic rings. The van der Waals surface area contributed by atoms with Gasteiger partial charge in [0.15, 0.2) is 5.82 Å². The van der Waals surface area contributed by atoms with Gasteiger partial charge in [-0.3, -0.25) is 14.7 Å². The number of carbonyl (C=O) groups excluding carboxylic acids is 1. The monoisotopic (exact) mass is 394 g/mol. The van der Waals surface area contributed by atoms with Gasteiger partial charge in [0, 0.05) is 31.2 Å².